The zero-order chi connectivity index (χ0) is 19.2. The average molecular weight is 421 g/mol. The molecule has 0 radical (unpaired) electrons. The van der Waals surface area contributed by atoms with Gasteiger partial charge in [0.25, 0.3) is 5.91 Å². The minimum Gasteiger partial charge on any atom is -0.347 e. The Morgan fingerprint density at radius 2 is 1.78 bits per heavy atom. The fraction of sp³-hybridized carbons (Fsp3) is 0.0556. The molecule has 3 amide bonds. The van der Waals surface area contributed by atoms with E-state index in [9.17, 15) is 9.59 Å². The van der Waals surface area contributed by atoms with Gasteiger partial charge in [-0.1, -0.05) is 41.4 Å². The van der Waals surface area contributed by atoms with E-state index in [0.29, 0.717) is 27.4 Å². The van der Waals surface area contributed by atoms with Gasteiger partial charge in [-0.25, -0.2) is 9.78 Å². The van der Waals surface area contributed by atoms with Crippen LogP contribution in [-0.4, -0.2) is 16.9 Å². The van der Waals surface area contributed by atoms with Gasteiger partial charge in [-0.15, -0.1) is 11.3 Å². The van der Waals surface area contributed by atoms with Crippen molar-refractivity contribution in [1.82, 2.24) is 10.3 Å². The van der Waals surface area contributed by atoms with E-state index in [1.54, 1.807) is 41.8 Å². The molecule has 0 atom stereocenters. The third-order valence-electron chi connectivity index (χ3n) is 3.41. The number of nitrogens with one attached hydrogen (secondary N) is 3. The van der Waals surface area contributed by atoms with Crippen molar-refractivity contribution in [2.24, 2.45) is 0 Å². The number of carbonyl (C=O) groups is 2. The fourth-order valence-corrected chi connectivity index (χ4v) is 3.14. The summed E-state index contributed by atoms with van der Waals surface area (Å²) in [4.78, 5) is 28.3. The summed E-state index contributed by atoms with van der Waals surface area (Å²) >= 11 is 12.9. The Morgan fingerprint density at radius 3 is 2.52 bits per heavy atom. The molecule has 0 aliphatic rings. The van der Waals surface area contributed by atoms with Gasteiger partial charge in [0.05, 0.1) is 0 Å². The van der Waals surface area contributed by atoms with Crippen LogP contribution in [0, 0.1) is 0 Å². The molecule has 1 heterocycles. The first-order valence-corrected chi connectivity index (χ1v) is 9.45. The van der Waals surface area contributed by atoms with E-state index in [1.165, 1.54) is 0 Å². The molecule has 9 heteroatoms. The molecule has 6 nitrogen and oxygen atoms in total. The van der Waals surface area contributed by atoms with Crippen molar-refractivity contribution < 1.29 is 9.59 Å². The highest BCUT2D eigenvalue weighted by atomic mass is 35.5. The van der Waals surface area contributed by atoms with Crippen LogP contribution < -0.4 is 16.0 Å². The molecule has 27 heavy (non-hydrogen) atoms. The first-order chi connectivity index (χ1) is 13.0. The highest BCUT2D eigenvalue weighted by molar-refractivity contribution is 7.14. The van der Waals surface area contributed by atoms with E-state index in [-0.39, 0.29) is 11.6 Å². The second kappa shape index (κ2) is 8.85. The molecular weight excluding hydrogens is 407 g/mol. The van der Waals surface area contributed by atoms with Crippen molar-refractivity contribution in [3.8, 4) is 0 Å². The molecule has 1 aromatic heterocycles. The van der Waals surface area contributed by atoms with Crippen LogP contribution in [0.3, 0.4) is 0 Å². The molecule has 0 unspecified atom stereocenters. The minimum atomic E-state index is -0.472. The van der Waals surface area contributed by atoms with Crippen LogP contribution in [0.4, 0.5) is 15.6 Å². The summed E-state index contributed by atoms with van der Waals surface area (Å²) in [5.41, 5.74) is 1.70. The molecule has 3 N–H and O–H groups in total. The highest BCUT2D eigenvalue weighted by Gasteiger charge is 2.12. The average Bonchev–Trinajstić information content (AvgIpc) is 3.09. The molecule has 0 bridgehead atoms. The van der Waals surface area contributed by atoms with Gasteiger partial charge in [0.1, 0.15) is 5.69 Å². The van der Waals surface area contributed by atoms with Crippen LogP contribution >= 0.6 is 34.5 Å². The van der Waals surface area contributed by atoms with Gasteiger partial charge in [-0.2, -0.15) is 0 Å². The highest BCUT2D eigenvalue weighted by Crippen LogP contribution is 2.18. The standard InChI is InChI=1S/C18H14Cl2N4O2S/c19-12-6-4-11(5-7-12)9-21-16(25)15-10-27-18(23-15)24-17(26)22-14-3-1-2-13(20)8-14/h1-8,10H,9H2,(H,21,25)(H2,22,23,24,26). The van der Waals surface area contributed by atoms with Gasteiger partial charge in [0.15, 0.2) is 5.13 Å². The van der Waals surface area contributed by atoms with E-state index >= 15 is 0 Å². The number of amides is 3. The van der Waals surface area contributed by atoms with Gasteiger partial charge in [0.2, 0.25) is 0 Å². The first kappa shape index (κ1) is 19.2. The number of hydrogen-bond acceptors (Lipinski definition) is 4. The Labute approximate surface area is 169 Å². The number of hydrogen-bond donors (Lipinski definition) is 3. The number of anilines is 2. The zero-order valence-corrected chi connectivity index (χ0v) is 16.2. The number of halogens is 2. The minimum absolute atomic E-state index is 0.229. The lowest BCUT2D eigenvalue weighted by Gasteiger charge is -2.05. The Bertz CT molecular complexity index is 960. The zero-order valence-electron chi connectivity index (χ0n) is 13.8. The van der Waals surface area contributed by atoms with Crippen molar-refractivity contribution in [2.75, 3.05) is 10.6 Å². The van der Waals surface area contributed by atoms with E-state index in [4.69, 9.17) is 23.2 Å². The fourth-order valence-electron chi connectivity index (χ4n) is 2.14. The number of benzene rings is 2. The maximum atomic E-state index is 12.2. The molecule has 0 aliphatic carbocycles. The molecule has 3 rings (SSSR count). The van der Waals surface area contributed by atoms with Crippen LogP contribution in [0.1, 0.15) is 16.1 Å². The normalized spacial score (nSPS) is 10.3. The molecule has 0 saturated carbocycles. The van der Waals surface area contributed by atoms with Crippen LogP contribution in [0.25, 0.3) is 0 Å². The predicted octanol–water partition coefficient (Wildman–Crippen LogP) is 5.02. The summed E-state index contributed by atoms with van der Waals surface area (Å²) in [6.07, 6.45) is 0. The molecular formula is C18H14Cl2N4O2S. The predicted molar refractivity (Wildman–Crippen MR) is 109 cm³/mol. The number of aromatic nitrogens is 1. The Hall–Kier alpha value is -2.61. The summed E-state index contributed by atoms with van der Waals surface area (Å²) in [5, 5.41) is 11.0. The maximum absolute atomic E-state index is 12.2. The topological polar surface area (TPSA) is 83.1 Å². The summed E-state index contributed by atoms with van der Waals surface area (Å²) in [6.45, 7) is 0.353. The quantitative estimate of drug-likeness (QED) is 0.541. The SMILES string of the molecule is O=C(Nc1cccc(Cl)c1)Nc1nc(C(=O)NCc2ccc(Cl)cc2)cs1. The van der Waals surface area contributed by atoms with Crippen molar-refractivity contribution >= 4 is 57.3 Å². The molecule has 0 spiro atoms. The lowest BCUT2D eigenvalue weighted by Crippen LogP contribution is -2.23. The third-order valence-corrected chi connectivity index (χ3v) is 4.65. The smallest absolute Gasteiger partial charge is 0.325 e. The number of rotatable bonds is 5. The molecule has 3 aromatic rings. The Balaban J connectivity index is 1.53. The first-order valence-electron chi connectivity index (χ1n) is 7.81. The van der Waals surface area contributed by atoms with Gasteiger partial charge < -0.3 is 10.6 Å². The van der Waals surface area contributed by atoms with Crippen LogP contribution in [0.5, 0.6) is 0 Å². The summed E-state index contributed by atoms with van der Waals surface area (Å²) in [5.74, 6) is -0.329. The van der Waals surface area contributed by atoms with Crippen molar-refractivity contribution in [3.05, 3.63) is 75.2 Å². The van der Waals surface area contributed by atoms with Gasteiger partial charge in [0, 0.05) is 27.7 Å². The van der Waals surface area contributed by atoms with Gasteiger partial charge >= 0.3 is 6.03 Å². The molecule has 2 aromatic carbocycles. The number of thiazole rings is 1. The number of urea groups is 1. The summed E-state index contributed by atoms with van der Waals surface area (Å²) in [6, 6.07) is 13.5. The maximum Gasteiger partial charge on any atom is 0.325 e. The molecule has 0 saturated heterocycles. The van der Waals surface area contributed by atoms with Crippen molar-refractivity contribution in [3.63, 3.8) is 0 Å². The lowest BCUT2D eigenvalue weighted by molar-refractivity contribution is 0.0946. The van der Waals surface area contributed by atoms with Crippen molar-refractivity contribution in [1.29, 1.82) is 0 Å². The Morgan fingerprint density at radius 1 is 1.00 bits per heavy atom. The van der Waals surface area contributed by atoms with Crippen LogP contribution in [-0.2, 0) is 6.54 Å². The summed E-state index contributed by atoms with van der Waals surface area (Å²) < 4.78 is 0. The van der Waals surface area contributed by atoms with E-state index in [2.05, 4.69) is 20.9 Å². The second-order valence-electron chi connectivity index (χ2n) is 5.44. The van der Waals surface area contributed by atoms with E-state index < -0.39 is 6.03 Å². The lowest BCUT2D eigenvalue weighted by atomic mass is 10.2. The van der Waals surface area contributed by atoms with Gasteiger partial charge in [-0.3, -0.25) is 10.1 Å². The molecule has 0 fully saturated rings. The Kier molecular flexibility index (Phi) is 6.28. The molecule has 138 valence electrons. The summed E-state index contributed by atoms with van der Waals surface area (Å²) in [7, 11) is 0. The monoisotopic (exact) mass is 420 g/mol. The largest absolute Gasteiger partial charge is 0.347 e. The number of nitrogens with zero attached hydrogens (tertiary/aromatic N) is 1. The third kappa shape index (κ3) is 5.68. The number of carbonyl (C=O) groups excluding carboxylic acids is 2. The van der Waals surface area contributed by atoms with E-state index in [1.807, 2.05) is 12.1 Å². The van der Waals surface area contributed by atoms with Crippen LogP contribution in [0.15, 0.2) is 53.9 Å². The van der Waals surface area contributed by atoms with Crippen molar-refractivity contribution in [2.45, 2.75) is 6.54 Å². The van der Waals surface area contributed by atoms with E-state index in [0.717, 1.165) is 16.9 Å². The van der Waals surface area contributed by atoms with Gasteiger partial charge in [-0.05, 0) is 35.9 Å². The van der Waals surface area contributed by atoms with Crippen LogP contribution in [0.2, 0.25) is 10.0 Å². The molecule has 0 aliphatic heterocycles. The second-order valence-corrected chi connectivity index (χ2v) is 7.17.